The van der Waals surface area contributed by atoms with Gasteiger partial charge in [0.25, 0.3) is 0 Å². The van der Waals surface area contributed by atoms with E-state index in [1.54, 1.807) is 6.07 Å². The molecule has 0 aliphatic heterocycles. The van der Waals surface area contributed by atoms with Crippen molar-refractivity contribution in [2.24, 2.45) is 0 Å². The minimum Gasteiger partial charge on any atom is -0.308 e. The molecule has 4 nitrogen and oxygen atoms in total. The number of likely N-dealkylation sites (N-methyl/N-ethyl adjacent to an activating group) is 1. The van der Waals surface area contributed by atoms with Crippen LogP contribution >= 0.6 is 11.6 Å². The summed E-state index contributed by atoms with van der Waals surface area (Å²) in [7, 11) is 4.17. The van der Waals surface area contributed by atoms with Crippen LogP contribution in [-0.2, 0) is 6.54 Å². The summed E-state index contributed by atoms with van der Waals surface area (Å²) in [4.78, 5) is 13.3. The van der Waals surface area contributed by atoms with Crippen molar-refractivity contribution < 1.29 is 0 Å². The molecular formula is C13H23ClN4. The van der Waals surface area contributed by atoms with Crippen molar-refractivity contribution in [3.05, 3.63) is 22.7 Å². The molecule has 0 aliphatic rings. The van der Waals surface area contributed by atoms with Gasteiger partial charge in [0.05, 0.1) is 6.54 Å². The first-order valence-electron chi connectivity index (χ1n) is 6.38. The lowest BCUT2D eigenvalue weighted by atomic mass is 10.3. The third-order valence-electron chi connectivity index (χ3n) is 2.64. The average molecular weight is 271 g/mol. The zero-order valence-corrected chi connectivity index (χ0v) is 12.5. The molecule has 0 aromatic carbocycles. The lowest BCUT2D eigenvalue weighted by Crippen LogP contribution is -2.32. The van der Waals surface area contributed by atoms with Gasteiger partial charge in [-0.1, -0.05) is 18.5 Å². The van der Waals surface area contributed by atoms with Gasteiger partial charge in [-0.15, -0.1) is 0 Å². The van der Waals surface area contributed by atoms with Crippen LogP contribution in [0.25, 0.3) is 0 Å². The van der Waals surface area contributed by atoms with Crippen molar-refractivity contribution in [3.63, 3.8) is 0 Å². The zero-order valence-electron chi connectivity index (χ0n) is 11.8. The Labute approximate surface area is 115 Å². The van der Waals surface area contributed by atoms with E-state index in [0.717, 1.165) is 44.1 Å². The summed E-state index contributed by atoms with van der Waals surface area (Å²) >= 11 is 5.96. The number of hydrogen-bond donors (Lipinski definition) is 0. The van der Waals surface area contributed by atoms with Gasteiger partial charge in [0.2, 0.25) is 0 Å². The van der Waals surface area contributed by atoms with Gasteiger partial charge in [0, 0.05) is 18.8 Å². The highest BCUT2D eigenvalue weighted by atomic mass is 35.5. The van der Waals surface area contributed by atoms with E-state index in [2.05, 4.69) is 40.8 Å². The molecule has 1 rings (SSSR count). The van der Waals surface area contributed by atoms with Crippen molar-refractivity contribution in [1.29, 1.82) is 0 Å². The third-order valence-corrected chi connectivity index (χ3v) is 2.83. The molecule has 0 saturated carbocycles. The van der Waals surface area contributed by atoms with E-state index in [9.17, 15) is 0 Å². The molecule has 0 N–H and O–H groups in total. The summed E-state index contributed by atoms with van der Waals surface area (Å²) in [5.74, 6) is 0.812. The van der Waals surface area contributed by atoms with Gasteiger partial charge in [-0.25, -0.2) is 9.97 Å². The summed E-state index contributed by atoms with van der Waals surface area (Å²) in [5, 5.41) is 0.529. The fourth-order valence-electron chi connectivity index (χ4n) is 1.79. The Balaban J connectivity index is 2.63. The second-order valence-electron chi connectivity index (χ2n) is 4.83. The minimum absolute atomic E-state index is 0.529. The SMILES string of the molecule is CCCN(CCN(C)C)Cc1nc(C)cc(Cl)n1. The lowest BCUT2D eigenvalue weighted by Gasteiger charge is -2.22. The molecule has 0 fully saturated rings. The van der Waals surface area contributed by atoms with Gasteiger partial charge < -0.3 is 4.90 Å². The maximum absolute atomic E-state index is 5.96. The summed E-state index contributed by atoms with van der Waals surface area (Å²) in [6, 6.07) is 1.79. The number of rotatable bonds is 7. The standard InChI is InChI=1S/C13H23ClN4/c1-5-6-18(8-7-17(3)4)10-13-15-11(2)9-12(14)16-13/h9H,5-8,10H2,1-4H3. The van der Waals surface area contributed by atoms with Crippen LogP contribution in [0.5, 0.6) is 0 Å². The molecule has 1 aromatic heterocycles. The topological polar surface area (TPSA) is 32.3 Å². The highest BCUT2D eigenvalue weighted by molar-refractivity contribution is 6.29. The number of aromatic nitrogens is 2. The van der Waals surface area contributed by atoms with Crippen molar-refractivity contribution in [1.82, 2.24) is 19.8 Å². The van der Waals surface area contributed by atoms with E-state index in [0.29, 0.717) is 5.15 Å². The fourth-order valence-corrected chi connectivity index (χ4v) is 2.04. The molecule has 1 aromatic rings. The molecule has 0 bridgehead atoms. The second kappa shape index (κ2) is 7.67. The first-order valence-corrected chi connectivity index (χ1v) is 6.76. The number of nitrogens with zero attached hydrogens (tertiary/aromatic N) is 4. The first kappa shape index (κ1) is 15.3. The van der Waals surface area contributed by atoms with E-state index < -0.39 is 0 Å². The predicted molar refractivity (Wildman–Crippen MR) is 75.9 cm³/mol. The summed E-state index contributed by atoms with van der Waals surface area (Å²) in [6.07, 6.45) is 1.13. The Hall–Kier alpha value is -0.710. The fraction of sp³-hybridized carbons (Fsp3) is 0.692. The monoisotopic (exact) mass is 270 g/mol. The van der Waals surface area contributed by atoms with Crippen LogP contribution in [0.1, 0.15) is 24.9 Å². The smallest absolute Gasteiger partial charge is 0.144 e. The molecule has 18 heavy (non-hydrogen) atoms. The Kier molecular flexibility index (Phi) is 6.54. The number of halogens is 1. The average Bonchev–Trinajstić information content (AvgIpc) is 2.24. The van der Waals surface area contributed by atoms with Crippen molar-refractivity contribution in [2.45, 2.75) is 26.8 Å². The van der Waals surface area contributed by atoms with Crippen LogP contribution in [0.4, 0.5) is 0 Å². The van der Waals surface area contributed by atoms with Crippen LogP contribution in [0.2, 0.25) is 5.15 Å². The molecule has 0 atom stereocenters. The van der Waals surface area contributed by atoms with E-state index in [1.165, 1.54) is 0 Å². The van der Waals surface area contributed by atoms with E-state index in [4.69, 9.17) is 11.6 Å². The largest absolute Gasteiger partial charge is 0.308 e. The molecule has 0 saturated heterocycles. The maximum Gasteiger partial charge on any atom is 0.144 e. The molecule has 0 amide bonds. The summed E-state index contributed by atoms with van der Waals surface area (Å²) < 4.78 is 0. The minimum atomic E-state index is 0.529. The van der Waals surface area contributed by atoms with Gasteiger partial charge in [-0.05, 0) is 40.1 Å². The number of hydrogen-bond acceptors (Lipinski definition) is 4. The Bertz CT molecular complexity index is 348. The van der Waals surface area contributed by atoms with Crippen molar-refractivity contribution in [3.8, 4) is 0 Å². The normalized spacial score (nSPS) is 11.5. The van der Waals surface area contributed by atoms with Gasteiger partial charge in [-0.3, -0.25) is 4.90 Å². The van der Waals surface area contributed by atoms with Gasteiger partial charge in [0.15, 0.2) is 0 Å². The first-order chi connectivity index (χ1) is 8.51. The molecule has 1 heterocycles. The molecule has 102 valence electrons. The second-order valence-corrected chi connectivity index (χ2v) is 5.21. The van der Waals surface area contributed by atoms with E-state index in [-0.39, 0.29) is 0 Å². The Morgan fingerprint density at radius 1 is 1.17 bits per heavy atom. The molecule has 0 aliphatic carbocycles. The van der Waals surface area contributed by atoms with E-state index >= 15 is 0 Å². The summed E-state index contributed by atoms with van der Waals surface area (Å²) in [5.41, 5.74) is 0.925. The molecule has 0 unspecified atom stereocenters. The van der Waals surface area contributed by atoms with Gasteiger partial charge in [-0.2, -0.15) is 0 Å². The maximum atomic E-state index is 5.96. The highest BCUT2D eigenvalue weighted by Crippen LogP contribution is 2.08. The summed E-state index contributed by atoms with van der Waals surface area (Å²) in [6.45, 7) is 8.02. The zero-order chi connectivity index (χ0) is 13.5. The molecule has 5 heteroatoms. The van der Waals surface area contributed by atoms with Gasteiger partial charge >= 0.3 is 0 Å². The van der Waals surface area contributed by atoms with Crippen LogP contribution in [0.15, 0.2) is 6.07 Å². The van der Waals surface area contributed by atoms with Crippen molar-refractivity contribution in [2.75, 3.05) is 33.7 Å². The lowest BCUT2D eigenvalue weighted by molar-refractivity contribution is 0.229. The molecular weight excluding hydrogens is 248 g/mol. The van der Waals surface area contributed by atoms with Crippen molar-refractivity contribution >= 4 is 11.6 Å². The Morgan fingerprint density at radius 2 is 1.89 bits per heavy atom. The Morgan fingerprint density at radius 3 is 2.44 bits per heavy atom. The van der Waals surface area contributed by atoms with Crippen LogP contribution < -0.4 is 0 Å². The number of aryl methyl sites for hydroxylation is 1. The van der Waals surface area contributed by atoms with Crippen LogP contribution in [0, 0.1) is 6.92 Å². The molecule has 0 spiro atoms. The third kappa shape index (κ3) is 5.76. The predicted octanol–water partition coefficient (Wildman–Crippen LogP) is 2.21. The quantitative estimate of drug-likeness (QED) is 0.711. The molecule has 0 radical (unpaired) electrons. The van der Waals surface area contributed by atoms with Crippen LogP contribution in [-0.4, -0.2) is 53.5 Å². The van der Waals surface area contributed by atoms with Crippen LogP contribution in [0.3, 0.4) is 0 Å². The van der Waals surface area contributed by atoms with Gasteiger partial charge in [0.1, 0.15) is 11.0 Å². The van der Waals surface area contributed by atoms with E-state index in [1.807, 2.05) is 6.92 Å². The highest BCUT2D eigenvalue weighted by Gasteiger charge is 2.08.